The number of carboxylic acids is 1. The molecule has 0 aromatic carbocycles. The van der Waals surface area contributed by atoms with Crippen molar-refractivity contribution in [3.63, 3.8) is 0 Å². The van der Waals surface area contributed by atoms with E-state index in [4.69, 9.17) is 9.47 Å². The summed E-state index contributed by atoms with van der Waals surface area (Å²) in [5, 5.41) is 54.9. The van der Waals surface area contributed by atoms with Gasteiger partial charge in [0, 0.05) is 13.0 Å². The zero-order chi connectivity index (χ0) is 22.1. The van der Waals surface area contributed by atoms with Crippen molar-refractivity contribution in [1.29, 1.82) is 0 Å². The lowest BCUT2D eigenvalue weighted by atomic mass is 9.87. The van der Waals surface area contributed by atoms with Crippen LogP contribution in [0.2, 0.25) is 0 Å². The summed E-state index contributed by atoms with van der Waals surface area (Å²) < 4.78 is 12.5. The van der Waals surface area contributed by atoms with E-state index in [0.29, 0.717) is 18.8 Å². The fraction of sp³-hybridized carbons (Fsp3) is 0.632. The van der Waals surface area contributed by atoms with Gasteiger partial charge in [0.1, 0.15) is 30.0 Å². The second kappa shape index (κ2) is 8.82. The van der Waals surface area contributed by atoms with Crippen molar-refractivity contribution in [3.05, 3.63) is 24.0 Å². The monoisotopic (exact) mass is 426 g/mol. The van der Waals surface area contributed by atoms with Crippen LogP contribution in [0.15, 0.2) is 18.5 Å². The van der Waals surface area contributed by atoms with Gasteiger partial charge in [-0.25, -0.2) is 0 Å². The first-order valence-electron chi connectivity index (χ1n) is 9.68. The van der Waals surface area contributed by atoms with Gasteiger partial charge >= 0.3 is 5.72 Å². The average Bonchev–Trinajstić information content (AvgIpc) is 2.73. The molecule has 3 heterocycles. The van der Waals surface area contributed by atoms with Crippen molar-refractivity contribution >= 4 is 11.9 Å². The molecule has 11 heteroatoms. The Morgan fingerprint density at radius 2 is 2.17 bits per heavy atom. The summed E-state index contributed by atoms with van der Waals surface area (Å²) >= 11 is 0. The number of aliphatic hydroxyl groups is 4. The number of amides is 1. The summed E-state index contributed by atoms with van der Waals surface area (Å²) in [4.78, 5) is 23.8. The Morgan fingerprint density at radius 3 is 2.80 bits per heavy atom. The average molecular weight is 426 g/mol. The van der Waals surface area contributed by atoms with E-state index in [0.717, 1.165) is 12.0 Å². The van der Waals surface area contributed by atoms with Crippen molar-refractivity contribution in [2.45, 2.75) is 62.4 Å². The number of fused-ring (bicyclic) bond motifs is 1. The largest absolute Gasteiger partial charge is 0.541 e. The molecule has 1 fully saturated rings. The molecule has 1 amide bonds. The molecule has 1 aromatic rings. The number of aliphatic carboxylic acids is 1. The van der Waals surface area contributed by atoms with Crippen LogP contribution in [0.1, 0.15) is 25.3 Å². The highest BCUT2D eigenvalue weighted by Gasteiger charge is 2.57. The summed E-state index contributed by atoms with van der Waals surface area (Å²) in [5.41, 5.74) is -1.50. The smallest absolute Gasteiger partial charge is 0.316 e. The Morgan fingerprint density at radius 1 is 1.43 bits per heavy atom. The number of aliphatic hydroxyl groups excluding tert-OH is 4. The maximum absolute atomic E-state index is 12.2. The van der Waals surface area contributed by atoms with E-state index in [2.05, 4.69) is 5.32 Å². The number of carbonyl (C=O) groups excluding carboxylic acids is 2. The van der Waals surface area contributed by atoms with Crippen molar-refractivity contribution in [2.24, 2.45) is 0 Å². The van der Waals surface area contributed by atoms with Crippen LogP contribution < -0.4 is 19.7 Å². The Labute approximate surface area is 172 Å². The molecule has 0 radical (unpaired) electrons. The molecule has 0 spiro atoms. The molecule has 3 rings (SSSR count). The number of rotatable bonds is 6. The first-order valence-corrected chi connectivity index (χ1v) is 9.68. The topological polar surface area (TPSA) is 172 Å². The molecule has 30 heavy (non-hydrogen) atoms. The third-order valence-corrected chi connectivity index (χ3v) is 5.46. The quantitative estimate of drug-likeness (QED) is 0.285. The zero-order valence-corrected chi connectivity index (χ0v) is 16.4. The fourth-order valence-electron chi connectivity index (χ4n) is 3.93. The third kappa shape index (κ3) is 4.12. The van der Waals surface area contributed by atoms with Gasteiger partial charge in [0.05, 0.1) is 37.3 Å². The first-order chi connectivity index (χ1) is 14.2. The predicted molar refractivity (Wildman–Crippen MR) is 95.6 cm³/mol. The standard InChI is InChI=1S/C19H26N2O9/c1-10(23)20-15-12(24)7-19(18(27)28,30-17(15)16(26)13(25)9-22)21-5-4-14-11(8-21)3-2-6-29-14/h4-5,8,12-13,15-17,22,24-26H,2-3,6-7,9H2,1H3,(H-,20,23,27,28)/t12-,13+,15+,16+,17+,19+/m0/s1. The van der Waals surface area contributed by atoms with Crippen LogP contribution in [0.5, 0.6) is 5.75 Å². The minimum absolute atomic E-state index is 0.497. The van der Waals surface area contributed by atoms with Gasteiger partial charge in [-0.2, -0.15) is 4.57 Å². The number of nitrogens with zero attached hydrogens (tertiary/aromatic N) is 1. The van der Waals surface area contributed by atoms with Crippen LogP contribution in [0, 0.1) is 0 Å². The van der Waals surface area contributed by atoms with Crippen LogP contribution >= 0.6 is 0 Å². The van der Waals surface area contributed by atoms with E-state index < -0.39 is 61.1 Å². The number of aryl methyl sites for hydroxylation is 1. The number of aromatic nitrogens is 1. The van der Waals surface area contributed by atoms with Gasteiger partial charge in [-0.1, -0.05) is 0 Å². The molecular weight excluding hydrogens is 400 g/mol. The molecule has 0 bridgehead atoms. The van der Waals surface area contributed by atoms with Crippen LogP contribution in [-0.2, 0) is 26.5 Å². The highest BCUT2D eigenvalue weighted by molar-refractivity contribution is 5.74. The predicted octanol–water partition coefficient (Wildman–Crippen LogP) is -3.93. The maximum Gasteiger partial charge on any atom is 0.316 e. The molecule has 5 N–H and O–H groups in total. The molecule has 0 unspecified atom stereocenters. The summed E-state index contributed by atoms with van der Waals surface area (Å²) in [7, 11) is 0. The number of carbonyl (C=O) groups is 2. The lowest BCUT2D eigenvalue weighted by Gasteiger charge is -2.45. The van der Waals surface area contributed by atoms with Crippen molar-refractivity contribution in [1.82, 2.24) is 5.32 Å². The normalized spacial score (nSPS) is 30.5. The molecule has 1 aromatic heterocycles. The fourth-order valence-corrected chi connectivity index (χ4v) is 3.93. The Bertz CT molecular complexity index is 804. The molecule has 6 atom stereocenters. The molecular formula is C19H26N2O9. The Balaban J connectivity index is 2.04. The lowest BCUT2D eigenvalue weighted by Crippen LogP contribution is -2.76. The van der Waals surface area contributed by atoms with E-state index in [-0.39, 0.29) is 0 Å². The first kappa shape index (κ1) is 22.4. The number of ether oxygens (including phenoxy) is 2. The maximum atomic E-state index is 12.2. The van der Waals surface area contributed by atoms with Crippen LogP contribution in [0.4, 0.5) is 0 Å². The van der Waals surface area contributed by atoms with Crippen LogP contribution in [0.25, 0.3) is 0 Å². The molecule has 2 aliphatic rings. The summed E-state index contributed by atoms with van der Waals surface area (Å²) in [6, 6.07) is 0.343. The second-order valence-electron chi connectivity index (χ2n) is 7.59. The van der Waals surface area contributed by atoms with Crippen LogP contribution in [0.3, 0.4) is 0 Å². The summed E-state index contributed by atoms with van der Waals surface area (Å²) in [6.45, 7) is 0.882. The number of carboxylic acid groups (broad SMARTS) is 1. The van der Waals surface area contributed by atoms with E-state index in [1.165, 1.54) is 23.9 Å². The Hall–Kier alpha value is -2.31. The van der Waals surface area contributed by atoms with Gasteiger partial charge < -0.3 is 45.1 Å². The molecule has 1 saturated heterocycles. The molecule has 166 valence electrons. The number of hydrogen-bond donors (Lipinski definition) is 5. The minimum Gasteiger partial charge on any atom is -0.541 e. The van der Waals surface area contributed by atoms with Gasteiger partial charge in [0.2, 0.25) is 5.91 Å². The van der Waals surface area contributed by atoms with E-state index in [9.17, 15) is 35.1 Å². The summed E-state index contributed by atoms with van der Waals surface area (Å²) in [6.07, 6.45) is -2.72. The molecule has 0 saturated carbocycles. The third-order valence-electron chi connectivity index (χ3n) is 5.46. The second-order valence-corrected chi connectivity index (χ2v) is 7.59. The van der Waals surface area contributed by atoms with E-state index in [1.807, 2.05) is 0 Å². The van der Waals surface area contributed by atoms with Gasteiger partial charge in [0.25, 0.3) is 0 Å². The number of hydrogen-bond acceptors (Lipinski definition) is 9. The van der Waals surface area contributed by atoms with Gasteiger partial charge in [-0.05, 0) is 12.8 Å². The highest BCUT2D eigenvalue weighted by Crippen LogP contribution is 2.33. The number of pyridine rings is 1. The summed E-state index contributed by atoms with van der Waals surface area (Å²) in [5.74, 6) is -1.64. The number of nitrogens with one attached hydrogen (secondary N) is 1. The highest BCUT2D eigenvalue weighted by atomic mass is 16.6. The van der Waals surface area contributed by atoms with Crippen LogP contribution in [-0.4, -0.2) is 76.0 Å². The van der Waals surface area contributed by atoms with E-state index in [1.54, 1.807) is 6.07 Å². The molecule has 0 aliphatic carbocycles. The van der Waals surface area contributed by atoms with Gasteiger partial charge in [-0.15, -0.1) is 0 Å². The van der Waals surface area contributed by atoms with Crippen molar-refractivity contribution < 1.29 is 49.2 Å². The van der Waals surface area contributed by atoms with Gasteiger partial charge in [-0.3, -0.25) is 4.79 Å². The Kier molecular flexibility index (Phi) is 6.58. The molecule has 2 aliphatic heterocycles. The van der Waals surface area contributed by atoms with E-state index >= 15 is 0 Å². The zero-order valence-electron chi connectivity index (χ0n) is 16.4. The molecule has 11 nitrogen and oxygen atoms in total. The van der Waals surface area contributed by atoms with Gasteiger partial charge in [0.15, 0.2) is 12.4 Å². The lowest BCUT2D eigenvalue weighted by molar-refractivity contribution is -0.807. The minimum atomic E-state index is -2.23. The van der Waals surface area contributed by atoms with Crippen molar-refractivity contribution in [2.75, 3.05) is 13.2 Å². The SMILES string of the molecule is CC(=O)N[C@H]1[C@H]([C@H](O)[C@H](O)CO)O[C@](C(=O)[O-])([n+]2ccc3c(c2)CCCO3)C[C@@H]1O. The van der Waals surface area contributed by atoms with Crippen molar-refractivity contribution in [3.8, 4) is 5.75 Å².